The molecule has 74 valence electrons. The molecule has 0 amide bonds. The second-order valence-electron chi connectivity index (χ2n) is 3.69. The fourth-order valence-corrected chi connectivity index (χ4v) is 1.80. The van der Waals surface area contributed by atoms with Gasteiger partial charge >= 0.3 is 0 Å². The highest BCUT2D eigenvalue weighted by Crippen LogP contribution is 2.25. The number of nitrogens with one attached hydrogen (secondary N) is 1. The van der Waals surface area contributed by atoms with E-state index >= 15 is 0 Å². The smallest absolute Gasteiger partial charge is 0.134 e. The number of rotatable bonds is 1. The third-order valence-electron chi connectivity index (χ3n) is 2.58. The summed E-state index contributed by atoms with van der Waals surface area (Å²) in [6.07, 6.45) is 1.95. The van der Waals surface area contributed by atoms with Gasteiger partial charge in [-0.05, 0) is 43.3 Å². The Hall–Kier alpha value is -1.96. The van der Waals surface area contributed by atoms with Crippen LogP contribution in [-0.4, -0.2) is 4.98 Å². The number of hydrogen-bond donors (Lipinski definition) is 1. The van der Waals surface area contributed by atoms with E-state index in [1.165, 1.54) is 5.39 Å². The normalized spacial score (nSPS) is 11.0. The molecular formula is C13H11NO. The summed E-state index contributed by atoms with van der Waals surface area (Å²) in [4.78, 5) is 3.17. The maximum atomic E-state index is 5.58. The number of hydrogen-bond acceptors (Lipinski definition) is 1. The molecule has 0 radical (unpaired) electrons. The monoisotopic (exact) mass is 197 g/mol. The zero-order valence-electron chi connectivity index (χ0n) is 8.45. The molecule has 0 aliphatic heterocycles. The molecule has 0 bridgehead atoms. The van der Waals surface area contributed by atoms with Gasteiger partial charge in [-0.2, -0.15) is 0 Å². The van der Waals surface area contributed by atoms with Crippen LogP contribution in [0.15, 0.2) is 47.0 Å². The quantitative estimate of drug-likeness (QED) is 0.632. The summed E-state index contributed by atoms with van der Waals surface area (Å²) in [6.45, 7) is 1.96. The van der Waals surface area contributed by atoms with Crippen LogP contribution in [0.3, 0.4) is 0 Å². The number of H-pyrrole nitrogens is 1. The Labute approximate surface area is 87.5 Å². The topological polar surface area (TPSA) is 28.9 Å². The van der Waals surface area contributed by atoms with Gasteiger partial charge in [0.05, 0.1) is 0 Å². The van der Waals surface area contributed by atoms with E-state index in [2.05, 4.69) is 29.2 Å². The van der Waals surface area contributed by atoms with Crippen LogP contribution in [0.1, 0.15) is 5.76 Å². The minimum absolute atomic E-state index is 0.926. The molecule has 0 spiro atoms. The zero-order chi connectivity index (χ0) is 10.3. The molecule has 0 saturated carbocycles. The van der Waals surface area contributed by atoms with Crippen LogP contribution in [0.5, 0.6) is 0 Å². The summed E-state index contributed by atoms with van der Waals surface area (Å²) in [6, 6.07) is 12.3. The van der Waals surface area contributed by atoms with Crippen molar-refractivity contribution in [1.82, 2.24) is 4.98 Å². The molecule has 2 aromatic heterocycles. The molecule has 3 aromatic rings. The third kappa shape index (κ3) is 1.34. The number of aromatic nitrogens is 1. The first kappa shape index (κ1) is 8.36. The van der Waals surface area contributed by atoms with E-state index < -0.39 is 0 Å². The summed E-state index contributed by atoms with van der Waals surface area (Å²) in [5.74, 6) is 1.87. The highest BCUT2D eigenvalue weighted by atomic mass is 16.3. The van der Waals surface area contributed by atoms with Crippen LogP contribution >= 0.6 is 0 Å². The molecule has 0 atom stereocenters. The Morgan fingerprint density at radius 1 is 1.07 bits per heavy atom. The standard InChI is InChI=1S/C13H11NO/c1-9-2-5-13(15-9)11-3-4-12-10(8-11)6-7-14-12/h2-8,14H,1H3. The van der Waals surface area contributed by atoms with Crippen LogP contribution in [0.2, 0.25) is 0 Å². The van der Waals surface area contributed by atoms with Crippen LogP contribution < -0.4 is 0 Å². The average Bonchev–Trinajstić information content (AvgIpc) is 2.84. The minimum Gasteiger partial charge on any atom is -0.461 e. The maximum Gasteiger partial charge on any atom is 0.134 e. The summed E-state index contributed by atoms with van der Waals surface area (Å²) in [5.41, 5.74) is 2.28. The van der Waals surface area contributed by atoms with Crippen molar-refractivity contribution in [3.05, 3.63) is 48.4 Å². The van der Waals surface area contributed by atoms with Gasteiger partial charge in [-0.3, -0.25) is 0 Å². The predicted molar refractivity (Wildman–Crippen MR) is 60.7 cm³/mol. The van der Waals surface area contributed by atoms with Gasteiger partial charge in [0.25, 0.3) is 0 Å². The van der Waals surface area contributed by atoms with E-state index in [-0.39, 0.29) is 0 Å². The highest BCUT2D eigenvalue weighted by Gasteiger charge is 2.03. The third-order valence-corrected chi connectivity index (χ3v) is 2.58. The van der Waals surface area contributed by atoms with E-state index in [0.29, 0.717) is 0 Å². The Morgan fingerprint density at radius 2 is 2.00 bits per heavy atom. The molecular weight excluding hydrogens is 186 g/mol. The SMILES string of the molecule is Cc1ccc(-c2ccc3[nH]ccc3c2)o1. The molecule has 2 heteroatoms. The van der Waals surface area contributed by atoms with Gasteiger partial charge in [-0.15, -0.1) is 0 Å². The van der Waals surface area contributed by atoms with Crippen molar-refractivity contribution in [2.45, 2.75) is 6.92 Å². The van der Waals surface area contributed by atoms with Crippen LogP contribution in [0.25, 0.3) is 22.2 Å². The number of furan rings is 1. The van der Waals surface area contributed by atoms with E-state index in [1.54, 1.807) is 0 Å². The Kier molecular flexibility index (Phi) is 1.68. The van der Waals surface area contributed by atoms with Gasteiger partial charge in [-0.1, -0.05) is 0 Å². The Balaban J connectivity index is 2.18. The second-order valence-corrected chi connectivity index (χ2v) is 3.69. The lowest BCUT2D eigenvalue weighted by Crippen LogP contribution is -1.73. The van der Waals surface area contributed by atoms with Crippen molar-refractivity contribution < 1.29 is 4.42 Å². The minimum atomic E-state index is 0.926. The van der Waals surface area contributed by atoms with Gasteiger partial charge < -0.3 is 9.40 Å². The van der Waals surface area contributed by atoms with E-state index in [4.69, 9.17) is 4.42 Å². The predicted octanol–water partition coefficient (Wildman–Crippen LogP) is 3.74. The van der Waals surface area contributed by atoms with Crippen LogP contribution in [0, 0.1) is 6.92 Å². The maximum absolute atomic E-state index is 5.58. The summed E-state index contributed by atoms with van der Waals surface area (Å²) in [5, 5.41) is 1.21. The van der Waals surface area contributed by atoms with Crippen molar-refractivity contribution in [2.75, 3.05) is 0 Å². The fraction of sp³-hybridized carbons (Fsp3) is 0.0769. The molecule has 3 rings (SSSR count). The number of benzene rings is 1. The van der Waals surface area contributed by atoms with Crippen molar-refractivity contribution in [2.24, 2.45) is 0 Å². The summed E-state index contributed by atoms with van der Waals surface area (Å²) >= 11 is 0. The van der Waals surface area contributed by atoms with Gasteiger partial charge in [0.1, 0.15) is 11.5 Å². The van der Waals surface area contributed by atoms with E-state index in [9.17, 15) is 0 Å². The van der Waals surface area contributed by atoms with Crippen molar-refractivity contribution >= 4 is 10.9 Å². The zero-order valence-corrected chi connectivity index (χ0v) is 8.45. The molecule has 1 N–H and O–H groups in total. The molecule has 2 heterocycles. The highest BCUT2D eigenvalue weighted by molar-refractivity contribution is 5.84. The molecule has 2 nitrogen and oxygen atoms in total. The lowest BCUT2D eigenvalue weighted by Gasteiger charge is -1.97. The molecule has 0 unspecified atom stereocenters. The lowest BCUT2D eigenvalue weighted by atomic mass is 10.1. The number of aryl methyl sites for hydroxylation is 1. The first-order chi connectivity index (χ1) is 7.33. The van der Waals surface area contributed by atoms with Crippen molar-refractivity contribution in [3.63, 3.8) is 0 Å². The van der Waals surface area contributed by atoms with E-state index in [1.807, 2.05) is 25.3 Å². The number of aromatic amines is 1. The molecule has 0 fully saturated rings. The van der Waals surface area contributed by atoms with Crippen molar-refractivity contribution in [3.8, 4) is 11.3 Å². The van der Waals surface area contributed by atoms with E-state index in [0.717, 1.165) is 22.6 Å². The molecule has 0 aliphatic carbocycles. The Bertz CT molecular complexity index is 604. The molecule has 1 aromatic carbocycles. The Morgan fingerprint density at radius 3 is 2.80 bits per heavy atom. The largest absolute Gasteiger partial charge is 0.461 e. The van der Waals surface area contributed by atoms with Crippen LogP contribution in [0.4, 0.5) is 0 Å². The summed E-state index contributed by atoms with van der Waals surface area (Å²) < 4.78 is 5.58. The number of fused-ring (bicyclic) bond motifs is 1. The second kappa shape index (κ2) is 3.02. The van der Waals surface area contributed by atoms with Crippen molar-refractivity contribution in [1.29, 1.82) is 0 Å². The average molecular weight is 197 g/mol. The van der Waals surface area contributed by atoms with Gasteiger partial charge in [0.15, 0.2) is 0 Å². The van der Waals surface area contributed by atoms with Gasteiger partial charge in [0.2, 0.25) is 0 Å². The van der Waals surface area contributed by atoms with Gasteiger partial charge in [-0.25, -0.2) is 0 Å². The fourth-order valence-electron chi connectivity index (χ4n) is 1.80. The first-order valence-electron chi connectivity index (χ1n) is 4.97. The first-order valence-corrected chi connectivity index (χ1v) is 4.97. The molecule has 15 heavy (non-hydrogen) atoms. The molecule has 0 saturated heterocycles. The van der Waals surface area contributed by atoms with Crippen LogP contribution in [-0.2, 0) is 0 Å². The molecule has 0 aliphatic rings. The lowest BCUT2D eigenvalue weighted by molar-refractivity contribution is 0.548. The summed E-state index contributed by atoms with van der Waals surface area (Å²) in [7, 11) is 0. The van der Waals surface area contributed by atoms with Gasteiger partial charge in [0, 0.05) is 22.7 Å².